The van der Waals surface area contributed by atoms with E-state index in [-0.39, 0.29) is 23.0 Å². The zero-order valence-electron chi connectivity index (χ0n) is 16.8. The SMILES string of the molecule is COC1(OC)[C@@H]2C=C[C@H]1[C@@](O)(C1=CC[C@H](O[Si](C)(C)C(C)(C)C)C1)C2. The lowest BCUT2D eigenvalue weighted by Crippen LogP contribution is -2.46. The zero-order valence-corrected chi connectivity index (χ0v) is 17.8. The van der Waals surface area contributed by atoms with E-state index in [1.807, 2.05) is 0 Å². The Kier molecular flexibility index (Phi) is 4.65. The maximum Gasteiger partial charge on any atom is 0.192 e. The minimum atomic E-state index is -1.80. The van der Waals surface area contributed by atoms with Crippen molar-refractivity contribution in [3.63, 3.8) is 0 Å². The second-order valence-corrected chi connectivity index (χ2v) is 14.2. The summed E-state index contributed by atoms with van der Waals surface area (Å²) < 4.78 is 18.1. The van der Waals surface area contributed by atoms with Crippen LogP contribution in [0.25, 0.3) is 0 Å². The molecule has 2 bridgehead atoms. The molecule has 142 valence electrons. The molecule has 1 fully saturated rings. The van der Waals surface area contributed by atoms with Gasteiger partial charge in [-0.05, 0) is 43.0 Å². The third-order valence-electron chi connectivity index (χ3n) is 7.07. The lowest BCUT2D eigenvalue weighted by atomic mass is 9.80. The molecule has 3 aliphatic carbocycles. The second-order valence-electron chi connectivity index (χ2n) is 9.40. The average molecular weight is 367 g/mol. The highest BCUT2D eigenvalue weighted by Gasteiger charge is 2.65. The molecule has 0 aromatic heterocycles. The number of hydrogen-bond acceptors (Lipinski definition) is 4. The quantitative estimate of drug-likeness (QED) is 0.453. The van der Waals surface area contributed by atoms with Crippen molar-refractivity contribution >= 4 is 8.32 Å². The van der Waals surface area contributed by atoms with Gasteiger partial charge >= 0.3 is 0 Å². The highest BCUT2D eigenvalue weighted by molar-refractivity contribution is 6.74. The summed E-state index contributed by atoms with van der Waals surface area (Å²) in [6, 6.07) is 0. The molecule has 0 saturated heterocycles. The molecule has 0 aliphatic heterocycles. The maximum atomic E-state index is 11.5. The van der Waals surface area contributed by atoms with E-state index in [0.29, 0.717) is 6.42 Å². The van der Waals surface area contributed by atoms with Crippen LogP contribution in [0.3, 0.4) is 0 Å². The van der Waals surface area contributed by atoms with Crippen molar-refractivity contribution in [2.24, 2.45) is 11.8 Å². The molecular formula is C20H34O4Si. The van der Waals surface area contributed by atoms with Gasteiger partial charge in [0.1, 0.15) is 0 Å². The van der Waals surface area contributed by atoms with E-state index in [1.165, 1.54) is 0 Å². The van der Waals surface area contributed by atoms with Gasteiger partial charge in [0.2, 0.25) is 0 Å². The molecule has 5 heteroatoms. The third-order valence-corrected chi connectivity index (χ3v) is 11.6. The maximum absolute atomic E-state index is 11.5. The van der Waals surface area contributed by atoms with Crippen LogP contribution < -0.4 is 0 Å². The molecular weight excluding hydrogens is 332 g/mol. The fraction of sp³-hybridized carbons (Fsp3) is 0.800. The highest BCUT2D eigenvalue weighted by atomic mass is 28.4. The molecule has 0 unspecified atom stereocenters. The Morgan fingerprint density at radius 2 is 1.80 bits per heavy atom. The fourth-order valence-corrected chi connectivity index (χ4v) is 5.97. The smallest absolute Gasteiger partial charge is 0.192 e. The van der Waals surface area contributed by atoms with Crippen LogP contribution in [-0.4, -0.2) is 45.1 Å². The first kappa shape index (κ1) is 19.3. The van der Waals surface area contributed by atoms with Crippen LogP contribution in [-0.2, 0) is 13.9 Å². The molecule has 0 heterocycles. The number of rotatable bonds is 5. The zero-order chi connectivity index (χ0) is 18.7. The molecule has 0 radical (unpaired) electrons. The van der Waals surface area contributed by atoms with E-state index in [2.05, 4.69) is 52.1 Å². The normalized spacial score (nSPS) is 37.0. The number of methoxy groups -OCH3 is 2. The molecule has 1 saturated carbocycles. The summed E-state index contributed by atoms with van der Waals surface area (Å²) in [4.78, 5) is 0. The Labute approximate surface area is 153 Å². The Hall–Kier alpha value is -0.463. The van der Waals surface area contributed by atoms with Crippen molar-refractivity contribution < 1.29 is 19.0 Å². The second kappa shape index (κ2) is 6.03. The summed E-state index contributed by atoms with van der Waals surface area (Å²) in [6.07, 6.45) is 8.94. The fourth-order valence-electron chi connectivity index (χ4n) is 4.60. The predicted octanol–water partition coefficient (Wildman–Crippen LogP) is 4.02. The van der Waals surface area contributed by atoms with E-state index in [4.69, 9.17) is 13.9 Å². The van der Waals surface area contributed by atoms with Crippen molar-refractivity contribution in [1.82, 2.24) is 0 Å². The minimum Gasteiger partial charge on any atom is -0.413 e. The number of fused-ring (bicyclic) bond motifs is 2. The molecule has 0 aromatic carbocycles. The summed E-state index contributed by atoms with van der Waals surface area (Å²) >= 11 is 0. The molecule has 25 heavy (non-hydrogen) atoms. The Morgan fingerprint density at radius 1 is 1.16 bits per heavy atom. The Morgan fingerprint density at radius 3 is 2.32 bits per heavy atom. The van der Waals surface area contributed by atoms with Gasteiger partial charge in [-0.1, -0.05) is 39.0 Å². The molecule has 4 nitrogen and oxygen atoms in total. The van der Waals surface area contributed by atoms with Crippen molar-refractivity contribution in [1.29, 1.82) is 0 Å². The largest absolute Gasteiger partial charge is 0.413 e. The summed E-state index contributed by atoms with van der Waals surface area (Å²) in [5, 5.41) is 11.7. The highest BCUT2D eigenvalue weighted by Crippen LogP contribution is 2.59. The van der Waals surface area contributed by atoms with Crippen LogP contribution in [0.4, 0.5) is 0 Å². The van der Waals surface area contributed by atoms with Crippen LogP contribution in [0, 0.1) is 11.8 Å². The average Bonchev–Trinajstić information content (AvgIpc) is 3.17. The van der Waals surface area contributed by atoms with Gasteiger partial charge < -0.3 is 19.0 Å². The monoisotopic (exact) mass is 366 g/mol. The number of aliphatic hydroxyl groups is 1. The number of hydrogen-bond donors (Lipinski definition) is 1. The van der Waals surface area contributed by atoms with Gasteiger partial charge in [0.15, 0.2) is 14.1 Å². The van der Waals surface area contributed by atoms with Gasteiger partial charge in [-0.2, -0.15) is 0 Å². The summed E-state index contributed by atoms with van der Waals surface area (Å²) in [7, 11) is 1.55. The van der Waals surface area contributed by atoms with Crippen LogP contribution in [0.2, 0.25) is 18.1 Å². The summed E-state index contributed by atoms with van der Waals surface area (Å²) in [5.41, 5.74) is 0.225. The topological polar surface area (TPSA) is 47.9 Å². The van der Waals surface area contributed by atoms with E-state index in [9.17, 15) is 5.11 Å². The predicted molar refractivity (Wildman–Crippen MR) is 102 cm³/mol. The molecule has 0 spiro atoms. The minimum absolute atomic E-state index is 0.0961. The standard InChI is InChI=1S/C20H34O4Si/c1-18(2,3)25(6,7)24-16-10-8-14(12-16)19(21)13-15-9-11-17(19)20(15,22-4)23-5/h8-9,11,15-17,21H,10,12-13H2,1-7H3/t15-,16+,17+,19+/m1/s1. The molecule has 3 aliphatic rings. The molecule has 0 amide bonds. The lowest BCUT2D eigenvalue weighted by molar-refractivity contribution is -0.238. The van der Waals surface area contributed by atoms with Gasteiger partial charge in [-0.25, -0.2) is 0 Å². The first-order valence-corrected chi connectivity index (χ1v) is 12.3. The van der Waals surface area contributed by atoms with Gasteiger partial charge in [0.25, 0.3) is 0 Å². The van der Waals surface area contributed by atoms with Crippen molar-refractivity contribution in [3.8, 4) is 0 Å². The van der Waals surface area contributed by atoms with E-state index < -0.39 is 19.7 Å². The van der Waals surface area contributed by atoms with E-state index in [1.54, 1.807) is 14.2 Å². The molecule has 0 aromatic rings. The Bertz CT molecular complexity index is 585. The summed E-state index contributed by atoms with van der Waals surface area (Å²) in [6.45, 7) is 11.4. The van der Waals surface area contributed by atoms with Crippen molar-refractivity contribution in [3.05, 3.63) is 23.8 Å². The lowest BCUT2D eigenvalue weighted by Gasteiger charge is -2.39. The van der Waals surface area contributed by atoms with Crippen LogP contribution in [0.15, 0.2) is 23.8 Å². The van der Waals surface area contributed by atoms with Gasteiger partial charge in [0.05, 0.1) is 17.6 Å². The van der Waals surface area contributed by atoms with Gasteiger partial charge in [-0.15, -0.1) is 0 Å². The van der Waals surface area contributed by atoms with Gasteiger partial charge in [0, 0.05) is 20.1 Å². The summed E-state index contributed by atoms with van der Waals surface area (Å²) in [5.74, 6) is -0.787. The molecule has 4 atom stereocenters. The first-order chi connectivity index (χ1) is 11.5. The number of ether oxygens (including phenoxy) is 2. The van der Waals surface area contributed by atoms with Crippen molar-refractivity contribution in [2.45, 2.75) is 75.7 Å². The first-order valence-electron chi connectivity index (χ1n) is 9.38. The van der Waals surface area contributed by atoms with Gasteiger partial charge in [-0.3, -0.25) is 0 Å². The van der Waals surface area contributed by atoms with Crippen molar-refractivity contribution in [2.75, 3.05) is 14.2 Å². The molecule has 1 N–H and O–H groups in total. The van der Waals surface area contributed by atoms with Crippen LogP contribution in [0.1, 0.15) is 40.0 Å². The van der Waals surface area contributed by atoms with Crippen LogP contribution in [0.5, 0.6) is 0 Å². The Balaban J connectivity index is 1.74. The third kappa shape index (κ3) is 2.79. The van der Waals surface area contributed by atoms with Crippen LogP contribution >= 0.6 is 0 Å². The van der Waals surface area contributed by atoms with E-state index >= 15 is 0 Å². The molecule has 3 rings (SSSR count). The van der Waals surface area contributed by atoms with E-state index in [0.717, 1.165) is 18.4 Å².